The molecule has 0 radical (unpaired) electrons. The maximum atomic E-state index is 10.1. The summed E-state index contributed by atoms with van der Waals surface area (Å²) >= 11 is 0. The molecule has 0 fully saturated rings. The predicted molar refractivity (Wildman–Crippen MR) is 72.8 cm³/mol. The third-order valence-electron chi connectivity index (χ3n) is 2.81. The summed E-state index contributed by atoms with van der Waals surface area (Å²) in [6.07, 6.45) is 1.28. The summed E-state index contributed by atoms with van der Waals surface area (Å²) in [5.41, 5.74) is 0.932. The largest absolute Gasteiger partial charge is 0.494 e. The van der Waals surface area contributed by atoms with Gasteiger partial charge < -0.3 is 14.6 Å². The van der Waals surface area contributed by atoms with Crippen LogP contribution in [0.15, 0.2) is 24.3 Å². The summed E-state index contributed by atoms with van der Waals surface area (Å²) < 4.78 is 10.6. The second-order valence-corrected chi connectivity index (χ2v) is 4.73. The molecule has 2 unspecified atom stereocenters. The zero-order chi connectivity index (χ0) is 13.4. The molecule has 0 aromatic heterocycles. The van der Waals surface area contributed by atoms with E-state index in [2.05, 4.69) is 13.8 Å². The summed E-state index contributed by atoms with van der Waals surface area (Å²) in [5, 5.41) is 10.1. The van der Waals surface area contributed by atoms with E-state index < -0.39 is 6.10 Å². The topological polar surface area (TPSA) is 38.7 Å². The first-order valence-corrected chi connectivity index (χ1v) is 6.57. The molecule has 0 heterocycles. The van der Waals surface area contributed by atoms with Crippen LogP contribution in [0.5, 0.6) is 5.75 Å². The molecule has 0 spiro atoms. The van der Waals surface area contributed by atoms with Gasteiger partial charge in [-0.05, 0) is 36.5 Å². The van der Waals surface area contributed by atoms with Gasteiger partial charge in [0.15, 0.2) is 0 Å². The van der Waals surface area contributed by atoms with Crippen LogP contribution in [0.1, 0.15) is 38.4 Å². The van der Waals surface area contributed by atoms with Crippen LogP contribution in [0.3, 0.4) is 0 Å². The van der Waals surface area contributed by atoms with Crippen molar-refractivity contribution in [3.8, 4) is 5.75 Å². The van der Waals surface area contributed by atoms with E-state index in [9.17, 15) is 5.11 Å². The Morgan fingerprint density at radius 2 is 1.89 bits per heavy atom. The minimum atomic E-state index is -0.435. The molecule has 2 atom stereocenters. The van der Waals surface area contributed by atoms with Crippen molar-refractivity contribution in [2.75, 3.05) is 20.3 Å². The highest BCUT2D eigenvalue weighted by atomic mass is 16.5. The molecule has 1 aromatic carbocycles. The summed E-state index contributed by atoms with van der Waals surface area (Å²) in [5.74, 6) is 1.21. The van der Waals surface area contributed by atoms with E-state index in [1.807, 2.05) is 24.3 Å². The van der Waals surface area contributed by atoms with Gasteiger partial charge in [-0.25, -0.2) is 0 Å². The van der Waals surface area contributed by atoms with E-state index in [-0.39, 0.29) is 0 Å². The number of methoxy groups -OCH3 is 1. The molecule has 3 nitrogen and oxygen atoms in total. The van der Waals surface area contributed by atoms with Gasteiger partial charge in [-0.15, -0.1) is 0 Å². The molecule has 0 amide bonds. The second-order valence-electron chi connectivity index (χ2n) is 4.73. The molecule has 18 heavy (non-hydrogen) atoms. The number of hydrogen-bond acceptors (Lipinski definition) is 3. The van der Waals surface area contributed by atoms with Gasteiger partial charge in [0.25, 0.3) is 0 Å². The fourth-order valence-electron chi connectivity index (χ4n) is 1.88. The Kier molecular flexibility index (Phi) is 6.76. The zero-order valence-corrected chi connectivity index (χ0v) is 11.6. The van der Waals surface area contributed by atoms with Gasteiger partial charge in [-0.1, -0.05) is 26.0 Å². The number of aliphatic hydroxyl groups excluding tert-OH is 1. The third-order valence-corrected chi connectivity index (χ3v) is 2.81. The lowest BCUT2D eigenvalue weighted by Crippen LogP contribution is -2.09. The first kappa shape index (κ1) is 15.0. The van der Waals surface area contributed by atoms with Crippen LogP contribution in [-0.2, 0) is 4.74 Å². The minimum absolute atomic E-state index is 0.348. The van der Waals surface area contributed by atoms with Gasteiger partial charge in [-0.3, -0.25) is 0 Å². The molecular formula is C15H24O3. The van der Waals surface area contributed by atoms with Crippen molar-refractivity contribution >= 4 is 0 Å². The SMILES string of the molecule is CCCOc1ccc(C(O)CC(C)COC)cc1. The van der Waals surface area contributed by atoms with Crippen LogP contribution in [0.25, 0.3) is 0 Å². The van der Waals surface area contributed by atoms with Crippen molar-refractivity contribution in [2.45, 2.75) is 32.8 Å². The molecule has 0 aliphatic carbocycles. The van der Waals surface area contributed by atoms with Crippen molar-refractivity contribution in [1.29, 1.82) is 0 Å². The lowest BCUT2D eigenvalue weighted by molar-refractivity contribution is 0.102. The quantitative estimate of drug-likeness (QED) is 0.772. The number of rotatable bonds is 8. The van der Waals surface area contributed by atoms with Gasteiger partial charge in [0.2, 0.25) is 0 Å². The third kappa shape index (κ3) is 5.07. The Balaban J connectivity index is 2.50. The van der Waals surface area contributed by atoms with Crippen LogP contribution >= 0.6 is 0 Å². The molecule has 0 aliphatic heterocycles. The predicted octanol–water partition coefficient (Wildman–Crippen LogP) is 3.18. The first-order valence-electron chi connectivity index (χ1n) is 6.57. The number of ether oxygens (including phenoxy) is 2. The van der Waals surface area contributed by atoms with Gasteiger partial charge in [0.1, 0.15) is 5.75 Å². The Morgan fingerprint density at radius 1 is 1.22 bits per heavy atom. The van der Waals surface area contributed by atoms with Crippen LogP contribution in [0.4, 0.5) is 0 Å². The monoisotopic (exact) mass is 252 g/mol. The van der Waals surface area contributed by atoms with Gasteiger partial charge in [-0.2, -0.15) is 0 Å². The zero-order valence-electron chi connectivity index (χ0n) is 11.6. The highest BCUT2D eigenvalue weighted by molar-refractivity contribution is 5.28. The summed E-state index contributed by atoms with van der Waals surface area (Å²) in [7, 11) is 1.68. The Bertz CT molecular complexity index is 321. The minimum Gasteiger partial charge on any atom is -0.494 e. The van der Waals surface area contributed by atoms with Gasteiger partial charge >= 0.3 is 0 Å². The van der Waals surface area contributed by atoms with Crippen LogP contribution in [0, 0.1) is 5.92 Å². The normalized spacial score (nSPS) is 14.2. The van der Waals surface area contributed by atoms with Crippen molar-refractivity contribution in [3.63, 3.8) is 0 Å². The fourth-order valence-corrected chi connectivity index (χ4v) is 1.88. The van der Waals surface area contributed by atoms with Crippen LogP contribution in [-0.4, -0.2) is 25.4 Å². The highest BCUT2D eigenvalue weighted by Gasteiger charge is 2.12. The molecule has 0 saturated carbocycles. The molecule has 0 bridgehead atoms. The smallest absolute Gasteiger partial charge is 0.119 e. The molecule has 102 valence electrons. The number of aliphatic hydroxyl groups is 1. The molecule has 0 saturated heterocycles. The molecular weight excluding hydrogens is 228 g/mol. The maximum Gasteiger partial charge on any atom is 0.119 e. The Labute approximate surface area is 110 Å². The standard InChI is InChI=1S/C15H24O3/c1-4-9-18-14-7-5-13(6-8-14)15(16)10-12(2)11-17-3/h5-8,12,15-16H,4,9-11H2,1-3H3. The van der Waals surface area contributed by atoms with E-state index in [4.69, 9.17) is 9.47 Å². The van der Waals surface area contributed by atoms with Gasteiger partial charge in [0, 0.05) is 13.7 Å². The van der Waals surface area contributed by atoms with Crippen molar-refractivity contribution in [2.24, 2.45) is 5.92 Å². The molecule has 3 heteroatoms. The second kappa shape index (κ2) is 8.11. The maximum absolute atomic E-state index is 10.1. The molecule has 1 N–H and O–H groups in total. The van der Waals surface area contributed by atoms with E-state index in [0.717, 1.165) is 24.3 Å². The van der Waals surface area contributed by atoms with Crippen molar-refractivity contribution in [1.82, 2.24) is 0 Å². The summed E-state index contributed by atoms with van der Waals surface area (Å²) in [6, 6.07) is 7.68. The molecule has 1 rings (SSSR count). The van der Waals surface area contributed by atoms with Crippen molar-refractivity contribution in [3.05, 3.63) is 29.8 Å². The Morgan fingerprint density at radius 3 is 2.44 bits per heavy atom. The van der Waals surface area contributed by atoms with E-state index in [1.165, 1.54) is 0 Å². The molecule has 0 aliphatic rings. The number of hydrogen-bond donors (Lipinski definition) is 1. The molecule has 1 aromatic rings. The van der Waals surface area contributed by atoms with E-state index >= 15 is 0 Å². The lowest BCUT2D eigenvalue weighted by Gasteiger charge is -2.16. The van der Waals surface area contributed by atoms with Crippen LogP contribution in [0.2, 0.25) is 0 Å². The van der Waals surface area contributed by atoms with Crippen molar-refractivity contribution < 1.29 is 14.6 Å². The highest BCUT2D eigenvalue weighted by Crippen LogP contribution is 2.23. The Hall–Kier alpha value is -1.06. The first-order chi connectivity index (χ1) is 8.67. The summed E-state index contributed by atoms with van der Waals surface area (Å²) in [6.45, 7) is 5.56. The summed E-state index contributed by atoms with van der Waals surface area (Å²) in [4.78, 5) is 0. The lowest BCUT2D eigenvalue weighted by atomic mass is 9.99. The van der Waals surface area contributed by atoms with Gasteiger partial charge in [0.05, 0.1) is 12.7 Å². The van der Waals surface area contributed by atoms with Crippen LogP contribution < -0.4 is 4.74 Å². The number of benzene rings is 1. The average Bonchev–Trinajstić information content (AvgIpc) is 2.37. The average molecular weight is 252 g/mol. The van der Waals surface area contributed by atoms with E-state index in [0.29, 0.717) is 18.9 Å². The van der Waals surface area contributed by atoms with E-state index in [1.54, 1.807) is 7.11 Å². The fraction of sp³-hybridized carbons (Fsp3) is 0.600.